The number of rotatable bonds is 2. The molecule has 0 saturated carbocycles. The highest BCUT2D eigenvalue weighted by Gasteiger charge is 2.08. The maximum atomic E-state index is 11.2. The third-order valence-corrected chi connectivity index (χ3v) is 2.51. The van der Waals surface area contributed by atoms with Crippen LogP contribution < -0.4 is 0 Å². The molecule has 0 unspecified atom stereocenters. The lowest BCUT2D eigenvalue weighted by Gasteiger charge is -2.08. The molecule has 0 N–H and O–H groups in total. The summed E-state index contributed by atoms with van der Waals surface area (Å²) in [6.45, 7) is 1.68. The molecule has 0 heterocycles. The van der Waals surface area contributed by atoms with Crippen molar-refractivity contribution in [2.45, 2.75) is 6.92 Å². The molecule has 1 rings (SSSR count). The van der Waals surface area contributed by atoms with Crippen LogP contribution in [0.15, 0.2) is 23.4 Å². The van der Waals surface area contributed by atoms with Crippen LogP contribution >= 0.6 is 23.2 Å². The first-order chi connectivity index (χ1) is 7.91. The second-order valence-electron chi connectivity index (χ2n) is 3.55. The molecule has 4 nitrogen and oxygen atoms in total. The topological polar surface area (TPSA) is 41.9 Å². The number of carbonyl (C=O) groups is 1. The quantitative estimate of drug-likeness (QED) is 0.471. The van der Waals surface area contributed by atoms with Gasteiger partial charge in [-0.15, -0.1) is 0 Å². The number of amides is 1. The Kier molecular flexibility index (Phi) is 4.78. The van der Waals surface area contributed by atoms with Gasteiger partial charge in [-0.05, 0) is 25.1 Å². The van der Waals surface area contributed by atoms with Crippen LogP contribution in [-0.4, -0.2) is 30.8 Å². The van der Waals surface area contributed by atoms with Gasteiger partial charge in [-0.3, -0.25) is 4.84 Å². The van der Waals surface area contributed by atoms with Crippen molar-refractivity contribution in [1.82, 2.24) is 4.90 Å². The molecule has 0 aliphatic carbocycles. The Balaban J connectivity index is 2.88. The molecule has 0 aliphatic rings. The van der Waals surface area contributed by atoms with E-state index in [1.54, 1.807) is 39.2 Å². The maximum absolute atomic E-state index is 11.2. The molecule has 0 aromatic heterocycles. The summed E-state index contributed by atoms with van der Waals surface area (Å²) in [5.41, 5.74) is 1.11. The fourth-order valence-corrected chi connectivity index (χ4v) is 1.44. The van der Waals surface area contributed by atoms with Gasteiger partial charge in [0.05, 0.1) is 5.71 Å². The lowest BCUT2D eigenvalue weighted by atomic mass is 10.1. The number of halogens is 2. The maximum Gasteiger partial charge on any atom is 0.435 e. The third-order valence-electron chi connectivity index (χ3n) is 1.94. The molecule has 0 aliphatic heterocycles. The zero-order valence-corrected chi connectivity index (χ0v) is 11.2. The fourth-order valence-electron chi connectivity index (χ4n) is 1.01. The number of benzene rings is 1. The van der Waals surface area contributed by atoms with Crippen LogP contribution in [0.2, 0.25) is 10.0 Å². The summed E-state index contributed by atoms with van der Waals surface area (Å²) in [6.07, 6.45) is -0.553. The zero-order valence-electron chi connectivity index (χ0n) is 9.70. The van der Waals surface area contributed by atoms with Crippen molar-refractivity contribution in [2.75, 3.05) is 14.1 Å². The summed E-state index contributed by atoms with van der Waals surface area (Å²) in [7, 11) is 3.14. The SMILES string of the molecule is C/C(=N/OC(=O)N(C)C)c1cc(Cl)ccc1Cl. The molecule has 0 saturated heterocycles. The van der Waals surface area contributed by atoms with Gasteiger partial charge in [0.25, 0.3) is 0 Å². The minimum absolute atomic E-state index is 0.479. The lowest BCUT2D eigenvalue weighted by molar-refractivity contribution is 0.122. The summed E-state index contributed by atoms with van der Waals surface area (Å²) >= 11 is 11.8. The van der Waals surface area contributed by atoms with Crippen LogP contribution in [0.1, 0.15) is 12.5 Å². The molecule has 0 spiro atoms. The minimum atomic E-state index is -0.553. The van der Waals surface area contributed by atoms with Crippen LogP contribution in [0.3, 0.4) is 0 Å². The van der Waals surface area contributed by atoms with E-state index in [1.807, 2.05) is 0 Å². The highest BCUT2D eigenvalue weighted by Crippen LogP contribution is 2.21. The van der Waals surface area contributed by atoms with Crippen LogP contribution in [-0.2, 0) is 4.84 Å². The summed E-state index contributed by atoms with van der Waals surface area (Å²) in [6, 6.07) is 4.99. The molecule has 6 heteroatoms. The third kappa shape index (κ3) is 3.91. The van der Waals surface area contributed by atoms with Gasteiger partial charge in [-0.25, -0.2) is 4.79 Å². The van der Waals surface area contributed by atoms with Crippen LogP contribution in [0, 0.1) is 0 Å². The smallest absolute Gasteiger partial charge is 0.312 e. The standard InChI is InChI=1S/C11H12Cl2N2O2/c1-7(14-17-11(16)15(2)3)9-6-8(12)4-5-10(9)13/h4-6H,1-3H3/b14-7-. The lowest BCUT2D eigenvalue weighted by Crippen LogP contribution is -2.21. The van der Waals surface area contributed by atoms with E-state index < -0.39 is 6.09 Å². The molecule has 0 atom stereocenters. The van der Waals surface area contributed by atoms with E-state index in [9.17, 15) is 4.79 Å². The van der Waals surface area contributed by atoms with Gasteiger partial charge in [0.15, 0.2) is 0 Å². The van der Waals surface area contributed by atoms with Crippen molar-refractivity contribution in [1.29, 1.82) is 0 Å². The second kappa shape index (κ2) is 5.89. The van der Waals surface area contributed by atoms with Gasteiger partial charge in [0, 0.05) is 29.7 Å². The summed E-state index contributed by atoms with van der Waals surface area (Å²) in [4.78, 5) is 17.1. The van der Waals surface area contributed by atoms with Crippen molar-refractivity contribution in [3.63, 3.8) is 0 Å². The highest BCUT2D eigenvalue weighted by molar-refractivity contribution is 6.36. The minimum Gasteiger partial charge on any atom is -0.312 e. The fraction of sp³-hybridized carbons (Fsp3) is 0.273. The molecule has 1 amide bonds. The van der Waals surface area contributed by atoms with E-state index in [0.717, 1.165) is 0 Å². The monoisotopic (exact) mass is 274 g/mol. The zero-order chi connectivity index (χ0) is 13.0. The van der Waals surface area contributed by atoms with E-state index in [-0.39, 0.29) is 0 Å². The van der Waals surface area contributed by atoms with Gasteiger partial charge in [-0.1, -0.05) is 28.4 Å². The van der Waals surface area contributed by atoms with E-state index in [4.69, 9.17) is 23.2 Å². The Morgan fingerprint density at radius 2 is 2.00 bits per heavy atom. The number of oxime groups is 1. The van der Waals surface area contributed by atoms with E-state index in [1.165, 1.54) is 4.90 Å². The largest absolute Gasteiger partial charge is 0.435 e. The van der Waals surface area contributed by atoms with Gasteiger partial charge < -0.3 is 4.90 Å². The second-order valence-corrected chi connectivity index (χ2v) is 4.40. The first kappa shape index (κ1) is 13.8. The molecular formula is C11H12Cl2N2O2. The van der Waals surface area contributed by atoms with Crippen molar-refractivity contribution in [3.05, 3.63) is 33.8 Å². The van der Waals surface area contributed by atoms with Crippen molar-refractivity contribution >= 4 is 35.0 Å². The van der Waals surface area contributed by atoms with Crippen molar-refractivity contribution in [3.8, 4) is 0 Å². The van der Waals surface area contributed by atoms with Gasteiger partial charge in [0.2, 0.25) is 0 Å². The average Bonchev–Trinajstić information content (AvgIpc) is 2.28. The van der Waals surface area contributed by atoms with Gasteiger partial charge in [-0.2, -0.15) is 0 Å². The Bertz CT molecular complexity index is 459. The highest BCUT2D eigenvalue weighted by atomic mass is 35.5. The van der Waals surface area contributed by atoms with Crippen LogP contribution in [0.5, 0.6) is 0 Å². The Morgan fingerprint density at radius 3 is 2.59 bits per heavy atom. The number of nitrogens with zero attached hydrogens (tertiary/aromatic N) is 2. The van der Waals surface area contributed by atoms with Gasteiger partial charge >= 0.3 is 6.09 Å². The molecule has 1 aromatic carbocycles. The predicted molar refractivity (Wildman–Crippen MR) is 68.8 cm³/mol. The Hall–Kier alpha value is -1.26. The Labute approximate surface area is 110 Å². The summed E-state index contributed by atoms with van der Waals surface area (Å²) in [5.74, 6) is 0. The van der Waals surface area contributed by atoms with E-state index in [2.05, 4.69) is 9.99 Å². The van der Waals surface area contributed by atoms with Crippen LogP contribution in [0.25, 0.3) is 0 Å². The number of hydrogen-bond donors (Lipinski definition) is 0. The molecule has 17 heavy (non-hydrogen) atoms. The Morgan fingerprint density at radius 1 is 1.35 bits per heavy atom. The molecule has 0 bridgehead atoms. The number of hydrogen-bond acceptors (Lipinski definition) is 3. The van der Waals surface area contributed by atoms with E-state index in [0.29, 0.717) is 21.3 Å². The average molecular weight is 275 g/mol. The normalized spacial score (nSPS) is 11.2. The summed E-state index contributed by atoms with van der Waals surface area (Å²) in [5, 5.41) is 4.74. The molecule has 92 valence electrons. The molecule has 1 aromatic rings. The van der Waals surface area contributed by atoms with Crippen molar-refractivity contribution < 1.29 is 9.63 Å². The van der Waals surface area contributed by atoms with E-state index >= 15 is 0 Å². The van der Waals surface area contributed by atoms with Crippen molar-refractivity contribution in [2.24, 2.45) is 5.16 Å². The first-order valence-electron chi connectivity index (χ1n) is 4.80. The first-order valence-corrected chi connectivity index (χ1v) is 5.55. The molecule has 0 fully saturated rings. The summed E-state index contributed by atoms with van der Waals surface area (Å²) < 4.78 is 0. The van der Waals surface area contributed by atoms with Crippen LogP contribution in [0.4, 0.5) is 4.79 Å². The van der Waals surface area contributed by atoms with Gasteiger partial charge in [0.1, 0.15) is 0 Å². The number of carbonyl (C=O) groups excluding carboxylic acids is 1. The molecular weight excluding hydrogens is 263 g/mol. The predicted octanol–water partition coefficient (Wildman–Crippen LogP) is 3.42. The molecule has 0 radical (unpaired) electrons.